The van der Waals surface area contributed by atoms with Gasteiger partial charge in [-0.25, -0.2) is 9.97 Å². The highest BCUT2D eigenvalue weighted by Gasteiger charge is 2.23. The number of rotatable bonds is 3. The van der Waals surface area contributed by atoms with E-state index in [2.05, 4.69) is 50.1 Å². The van der Waals surface area contributed by atoms with Crippen molar-refractivity contribution in [3.63, 3.8) is 0 Å². The summed E-state index contributed by atoms with van der Waals surface area (Å²) in [6.45, 7) is 6.00. The molecule has 0 spiro atoms. The lowest BCUT2D eigenvalue weighted by Crippen LogP contribution is -2.46. The van der Waals surface area contributed by atoms with Crippen LogP contribution in [0.15, 0.2) is 30.3 Å². The van der Waals surface area contributed by atoms with Gasteiger partial charge in [0, 0.05) is 44.5 Å². The zero-order valence-electron chi connectivity index (χ0n) is 13.9. The Kier molecular flexibility index (Phi) is 3.80. The smallest absolute Gasteiger partial charge is 0.209 e. The standard InChI is InChI=1S/C18H21N5O/c1-14-19-17(22-10-8-21(13-24)9-11-22)12-18(20-14)23-7-6-15-4-2-3-5-16(15)23/h2-5,12-13H,6-11H2,1H3. The molecular weight excluding hydrogens is 302 g/mol. The predicted molar refractivity (Wildman–Crippen MR) is 93.8 cm³/mol. The van der Waals surface area contributed by atoms with Crippen LogP contribution in [-0.2, 0) is 11.2 Å². The SMILES string of the molecule is Cc1nc(N2CCN(C=O)CC2)cc(N2CCc3ccccc32)n1. The van der Waals surface area contributed by atoms with Crippen molar-refractivity contribution in [3.05, 3.63) is 41.7 Å². The normalized spacial score (nSPS) is 17.1. The van der Waals surface area contributed by atoms with Crippen molar-refractivity contribution in [2.45, 2.75) is 13.3 Å². The van der Waals surface area contributed by atoms with Crippen LogP contribution >= 0.6 is 0 Å². The number of aromatic nitrogens is 2. The Morgan fingerprint density at radius 2 is 1.75 bits per heavy atom. The van der Waals surface area contributed by atoms with E-state index in [9.17, 15) is 4.79 Å². The number of anilines is 3. The van der Waals surface area contributed by atoms with Gasteiger partial charge in [-0.3, -0.25) is 4.79 Å². The van der Waals surface area contributed by atoms with Gasteiger partial charge in [0.25, 0.3) is 0 Å². The molecule has 0 N–H and O–H groups in total. The lowest BCUT2D eigenvalue weighted by molar-refractivity contribution is -0.118. The molecule has 0 aliphatic carbocycles. The van der Waals surface area contributed by atoms with Gasteiger partial charge in [0.2, 0.25) is 6.41 Å². The molecule has 1 aromatic carbocycles. The van der Waals surface area contributed by atoms with Gasteiger partial charge in [-0.15, -0.1) is 0 Å². The highest BCUT2D eigenvalue weighted by Crippen LogP contribution is 2.34. The molecule has 2 aliphatic rings. The lowest BCUT2D eigenvalue weighted by Gasteiger charge is -2.33. The number of aryl methyl sites for hydroxylation is 1. The van der Waals surface area contributed by atoms with Gasteiger partial charge in [-0.05, 0) is 25.0 Å². The molecule has 4 rings (SSSR count). The van der Waals surface area contributed by atoms with Crippen molar-refractivity contribution in [3.8, 4) is 0 Å². The summed E-state index contributed by atoms with van der Waals surface area (Å²) in [6, 6.07) is 10.6. The first kappa shape index (κ1) is 14.9. The first-order valence-corrected chi connectivity index (χ1v) is 8.40. The van der Waals surface area contributed by atoms with Gasteiger partial charge in [0.1, 0.15) is 17.5 Å². The minimum atomic E-state index is 0.744. The Labute approximate surface area is 141 Å². The van der Waals surface area contributed by atoms with Crippen LogP contribution in [0.25, 0.3) is 0 Å². The molecule has 0 unspecified atom stereocenters. The van der Waals surface area contributed by atoms with E-state index in [0.717, 1.165) is 63.0 Å². The van der Waals surface area contributed by atoms with Gasteiger partial charge >= 0.3 is 0 Å². The van der Waals surface area contributed by atoms with Crippen molar-refractivity contribution in [2.24, 2.45) is 0 Å². The van der Waals surface area contributed by atoms with Gasteiger partial charge in [0.05, 0.1) is 0 Å². The molecule has 1 amide bonds. The Bertz CT molecular complexity index is 755. The number of hydrogen-bond acceptors (Lipinski definition) is 5. The van der Waals surface area contributed by atoms with E-state index in [1.165, 1.54) is 11.3 Å². The number of fused-ring (bicyclic) bond motifs is 1. The molecule has 2 aromatic rings. The third kappa shape index (κ3) is 2.68. The lowest BCUT2D eigenvalue weighted by atomic mass is 10.2. The van der Waals surface area contributed by atoms with E-state index < -0.39 is 0 Å². The number of amides is 1. The Morgan fingerprint density at radius 3 is 2.54 bits per heavy atom. The molecule has 6 nitrogen and oxygen atoms in total. The van der Waals surface area contributed by atoms with Crippen LogP contribution in [-0.4, -0.2) is 54.0 Å². The van der Waals surface area contributed by atoms with Crippen molar-refractivity contribution < 1.29 is 4.79 Å². The van der Waals surface area contributed by atoms with E-state index in [-0.39, 0.29) is 0 Å². The van der Waals surface area contributed by atoms with Crippen LogP contribution in [0.5, 0.6) is 0 Å². The predicted octanol–water partition coefficient (Wildman–Crippen LogP) is 1.76. The van der Waals surface area contributed by atoms with Gasteiger partial charge in [-0.1, -0.05) is 18.2 Å². The van der Waals surface area contributed by atoms with Crippen LogP contribution < -0.4 is 9.80 Å². The number of hydrogen-bond donors (Lipinski definition) is 0. The van der Waals surface area contributed by atoms with Crippen molar-refractivity contribution in [1.82, 2.24) is 14.9 Å². The van der Waals surface area contributed by atoms with Gasteiger partial charge in [-0.2, -0.15) is 0 Å². The van der Waals surface area contributed by atoms with Crippen molar-refractivity contribution >= 4 is 23.7 Å². The first-order chi connectivity index (χ1) is 11.7. The van der Waals surface area contributed by atoms with E-state index in [1.807, 2.05) is 11.8 Å². The van der Waals surface area contributed by atoms with Gasteiger partial charge < -0.3 is 14.7 Å². The number of carbonyl (C=O) groups excluding carboxylic acids is 1. The highest BCUT2D eigenvalue weighted by molar-refractivity contribution is 5.69. The maximum atomic E-state index is 10.9. The molecular formula is C18H21N5O. The van der Waals surface area contributed by atoms with Crippen molar-refractivity contribution in [1.29, 1.82) is 0 Å². The number of piperazine rings is 1. The average molecular weight is 323 g/mol. The average Bonchev–Trinajstić information content (AvgIpc) is 3.05. The third-order valence-electron chi connectivity index (χ3n) is 4.76. The maximum Gasteiger partial charge on any atom is 0.209 e. The van der Waals surface area contributed by atoms with E-state index >= 15 is 0 Å². The van der Waals surface area contributed by atoms with Crippen LogP contribution in [0.3, 0.4) is 0 Å². The van der Waals surface area contributed by atoms with E-state index in [1.54, 1.807) is 0 Å². The van der Waals surface area contributed by atoms with Gasteiger partial charge in [0.15, 0.2) is 0 Å². The Balaban J connectivity index is 1.62. The molecule has 1 aromatic heterocycles. The zero-order chi connectivity index (χ0) is 16.5. The van der Waals surface area contributed by atoms with E-state index in [0.29, 0.717) is 0 Å². The summed E-state index contributed by atoms with van der Waals surface area (Å²) in [5.41, 5.74) is 2.61. The molecule has 3 heterocycles. The largest absolute Gasteiger partial charge is 0.353 e. The summed E-state index contributed by atoms with van der Waals surface area (Å²) >= 11 is 0. The number of para-hydroxylation sites is 1. The van der Waals surface area contributed by atoms with Crippen LogP contribution in [0.1, 0.15) is 11.4 Å². The third-order valence-corrected chi connectivity index (χ3v) is 4.76. The molecule has 0 bridgehead atoms. The summed E-state index contributed by atoms with van der Waals surface area (Å²) in [5, 5.41) is 0. The maximum absolute atomic E-state index is 10.9. The molecule has 24 heavy (non-hydrogen) atoms. The summed E-state index contributed by atoms with van der Waals surface area (Å²) < 4.78 is 0. The second-order valence-electron chi connectivity index (χ2n) is 6.29. The molecule has 1 saturated heterocycles. The summed E-state index contributed by atoms with van der Waals surface area (Å²) in [7, 11) is 0. The quantitative estimate of drug-likeness (QED) is 0.806. The van der Waals surface area contributed by atoms with Crippen LogP contribution in [0, 0.1) is 6.92 Å². The topological polar surface area (TPSA) is 52.6 Å². The number of benzene rings is 1. The number of carbonyl (C=O) groups is 1. The zero-order valence-corrected chi connectivity index (χ0v) is 13.9. The summed E-state index contributed by atoms with van der Waals surface area (Å²) in [6.07, 6.45) is 1.97. The minimum Gasteiger partial charge on any atom is -0.353 e. The molecule has 124 valence electrons. The molecule has 0 atom stereocenters. The molecule has 2 aliphatic heterocycles. The molecule has 6 heteroatoms. The van der Waals surface area contributed by atoms with Crippen LogP contribution in [0.4, 0.5) is 17.3 Å². The first-order valence-electron chi connectivity index (χ1n) is 8.40. The second-order valence-corrected chi connectivity index (χ2v) is 6.29. The summed E-state index contributed by atoms with van der Waals surface area (Å²) in [4.78, 5) is 26.5. The molecule has 0 radical (unpaired) electrons. The fraction of sp³-hybridized carbons (Fsp3) is 0.389. The fourth-order valence-electron chi connectivity index (χ4n) is 3.47. The van der Waals surface area contributed by atoms with Crippen LogP contribution in [0.2, 0.25) is 0 Å². The number of nitrogens with zero attached hydrogens (tertiary/aromatic N) is 5. The summed E-state index contributed by atoms with van der Waals surface area (Å²) in [5.74, 6) is 2.69. The Morgan fingerprint density at radius 1 is 1.00 bits per heavy atom. The fourth-order valence-corrected chi connectivity index (χ4v) is 3.47. The Hall–Kier alpha value is -2.63. The van der Waals surface area contributed by atoms with Crippen molar-refractivity contribution in [2.75, 3.05) is 42.5 Å². The molecule has 1 fully saturated rings. The van der Waals surface area contributed by atoms with E-state index in [4.69, 9.17) is 0 Å². The molecule has 0 saturated carbocycles. The highest BCUT2D eigenvalue weighted by atomic mass is 16.1. The second kappa shape index (κ2) is 6.11. The monoisotopic (exact) mass is 323 g/mol. The minimum absolute atomic E-state index is 0.744.